The summed E-state index contributed by atoms with van der Waals surface area (Å²) in [4.78, 5) is 2.40. The molecule has 0 aromatic rings. The molecule has 2 heteroatoms. The molecule has 0 aliphatic carbocycles. The van der Waals surface area contributed by atoms with Gasteiger partial charge in [-0.15, -0.1) is 0 Å². The zero-order valence-corrected chi connectivity index (χ0v) is 9.16. The first-order valence-corrected chi connectivity index (χ1v) is 5.50. The van der Waals surface area contributed by atoms with Crippen molar-refractivity contribution in [2.24, 2.45) is 11.8 Å². The van der Waals surface area contributed by atoms with Gasteiger partial charge >= 0.3 is 0 Å². The lowest BCUT2D eigenvalue weighted by Crippen LogP contribution is -2.40. The first kappa shape index (κ1) is 11.0. The van der Waals surface area contributed by atoms with Crippen LogP contribution in [0.5, 0.6) is 0 Å². The van der Waals surface area contributed by atoms with E-state index in [-0.39, 0.29) is 6.10 Å². The van der Waals surface area contributed by atoms with Crippen LogP contribution in [0.3, 0.4) is 0 Å². The van der Waals surface area contributed by atoms with Crippen LogP contribution in [0.25, 0.3) is 0 Å². The molecular weight excluding hydrogens is 162 g/mol. The fourth-order valence-corrected chi connectivity index (χ4v) is 1.93. The quantitative estimate of drug-likeness (QED) is 0.724. The lowest BCUT2D eigenvalue weighted by atomic mass is 9.99. The molecule has 1 fully saturated rings. The molecule has 13 heavy (non-hydrogen) atoms. The van der Waals surface area contributed by atoms with Crippen LogP contribution in [0.15, 0.2) is 0 Å². The van der Waals surface area contributed by atoms with Gasteiger partial charge in [0.25, 0.3) is 0 Å². The Morgan fingerprint density at radius 3 is 2.69 bits per heavy atom. The van der Waals surface area contributed by atoms with Gasteiger partial charge in [-0.25, -0.2) is 0 Å². The van der Waals surface area contributed by atoms with Crippen LogP contribution in [0, 0.1) is 11.8 Å². The van der Waals surface area contributed by atoms with Crippen LogP contribution in [0.4, 0.5) is 0 Å². The maximum absolute atomic E-state index is 9.72. The van der Waals surface area contributed by atoms with Gasteiger partial charge in [-0.3, -0.25) is 0 Å². The molecule has 0 aromatic carbocycles. The van der Waals surface area contributed by atoms with Crippen molar-refractivity contribution in [2.45, 2.75) is 39.7 Å². The van der Waals surface area contributed by atoms with Crippen LogP contribution in [-0.4, -0.2) is 35.7 Å². The van der Waals surface area contributed by atoms with Crippen molar-refractivity contribution in [3.05, 3.63) is 0 Å². The number of aliphatic hydroxyl groups is 1. The number of hydrogen-bond acceptors (Lipinski definition) is 2. The van der Waals surface area contributed by atoms with Gasteiger partial charge in [-0.2, -0.15) is 0 Å². The fraction of sp³-hybridized carbons (Fsp3) is 1.00. The summed E-state index contributed by atoms with van der Waals surface area (Å²) in [6.45, 7) is 9.67. The minimum absolute atomic E-state index is 0.148. The minimum atomic E-state index is -0.148. The van der Waals surface area contributed by atoms with Gasteiger partial charge in [0, 0.05) is 13.1 Å². The molecule has 1 saturated heterocycles. The van der Waals surface area contributed by atoms with Gasteiger partial charge in [0.1, 0.15) is 0 Å². The normalized spacial score (nSPS) is 27.9. The SMILES string of the molecule is CC1CCCN(CC(O)C(C)C)C1. The molecule has 2 atom stereocenters. The van der Waals surface area contributed by atoms with E-state index in [9.17, 15) is 5.11 Å². The molecule has 78 valence electrons. The Kier molecular flexibility index (Phi) is 4.20. The van der Waals surface area contributed by atoms with Crippen LogP contribution in [0.2, 0.25) is 0 Å². The summed E-state index contributed by atoms with van der Waals surface area (Å²) in [5.74, 6) is 1.20. The monoisotopic (exact) mass is 185 g/mol. The first-order valence-electron chi connectivity index (χ1n) is 5.50. The lowest BCUT2D eigenvalue weighted by molar-refractivity contribution is 0.0589. The van der Waals surface area contributed by atoms with Crippen molar-refractivity contribution >= 4 is 0 Å². The number of piperidine rings is 1. The molecule has 1 aliphatic rings. The first-order chi connectivity index (χ1) is 6.09. The summed E-state index contributed by atoms with van der Waals surface area (Å²) in [6, 6.07) is 0. The van der Waals surface area contributed by atoms with E-state index in [0.717, 1.165) is 12.5 Å². The molecule has 0 saturated carbocycles. The molecule has 0 radical (unpaired) electrons. The Morgan fingerprint density at radius 1 is 1.46 bits per heavy atom. The molecule has 0 amide bonds. The second-order valence-corrected chi connectivity index (χ2v) is 4.82. The maximum atomic E-state index is 9.72. The molecule has 2 unspecified atom stereocenters. The van der Waals surface area contributed by atoms with Gasteiger partial charge in [-0.1, -0.05) is 20.8 Å². The molecule has 1 aliphatic heterocycles. The van der Waals surface area contributed by atoms with Gasteiger partial charge in [0.15, 0.2) is 0 Å². The van der Waals surface area contributed by atoms with E-state index in [1.165, 1.54) is 25.9 Å². The number of β-amino-alcohol motifs (C(OH)–C–C–N with tert-alkyl or cyclic N) is 1. The lowest BCUT2D eigenvalue weighted by Gasteiger charge is -2.33. The largest absolute Gasteiger partial charge is 0.392 e. The van der Waals surface area contributed by atoms with Crippen LogP contribution >= 0.6 is 0 Å². The van der Waals surface area contributed by atoms with E-state index in [2.05, 4.69) is 25.7 Å². The highest BCUT2D eigenvalue weighted by molar-refractivity contribution is 4.73. The van der Waals surface area contributed by atoms with Crippen LogP contribution in [0.1, 0.15) is 33.6 Å². The van der Waals surface area contributed by atoms with Crippen LogP contribution < -0.4 is 0 Å². The third kappa shape index (κ3) is 3.65. The highest BCUT2D eigenvalue weighted by Crippen LogP contribution is 2.16. The molecule has 1 N–H and O–H groups in total. The van der Waals surface area contributed by atoms with E-state index in [1.54, 1.807) is 0 Å². The Bertz CT molecular complexity index is 147. The van der Waals surface area contributed by atoms with E-state index < -0.39 is 0 Å². The summed E-state index contributed by atoms with van der Waals surface area (Å²) in [5.41, 5.74) is 0. The summed E-state index contributed by atoms with van der Waals surface area (Å²) < 4.78 is 0. The zero-order chi connectivity index (χ0) is 9.84. The number of likely N-dealkylation sites (tertiary alicyclic amines) is 1. The highest BCUT2D eigenvalue weighted by atomic mass is 16.3. The molecule has 1 rings (SSSR count). The third-order valence-electron chi connectivity index (χ3n) is 2.96. The van der Waals surface area contributed by atoms with Crippen molar-refractivity contribution in [3.8, 4) is 0 Å². The third-order valence-corrected chi connectivity index (χ3v) is 2.96. The van der Waals surface area contributed by atoms with Crippen LogP contribution in [-0.2, 0) is 0 Å². The van der Waals surface area contributed by atoms with E-state index in [1.807, 2.05) is 0 Å². The van der Waals surface area contributed by atoms with Gasteiger partial charge in [0.05, 0.1) is 6.10 Å². The average molecular weight is 185 g/mol. The summed E-state index contributed by atoms with van der Waals surface area (Å²) in [5, 5.41) is 9.72. The standard InChI is InChI=1S/C11H23NO/c1-9(2)11(13)8-12-6-4-5-10(3)7-12/h9-11,13H,4-8H2,1-3H3. The van der Waals surface area contributed by atoms with Crippen molar-refractivity contribution < 1.29 is 5.11 Å². The number of nitrogens with zero attached hydrogens (tertiary/aromatic N) is 1. The summed E-state index contributed by atoms with van der Waals surface area (Å²) in [6.07, 6.45) is 2.51. The Morgan fingerprint density at radius 2 is 2.15 bits per heavy atom. The summed E-state index contributed by atoms with van der Waals surface area (Å²) in [7, 11) is 0. The Balaban J connectivity index is 2.27. The second kappa shape index (κ2) is 4.97. The molecule has 2 nitrogen and oxygen atoms in total. The number of rotatable bonds is 3. The van der Waals surface area contributed by atoms with Gasteiger partial charge in [0.2, 0.25) is 0 Å². The molecular formula is C11H23NO. The van der Waals surface area contributed by atoms with E-state index >= 15 is 0 Å². The number of aliphatic hydroxyl groups excluding tert-OH is 1. The van der Waals surface area contributed by atoms with Crippen molar-refractivity contribution in [1.82, 2.24) is 4.90 Å². The predicted molar refractivity (Wildman–Crippen MR) is 55.7 cm³/mol. The maximum Gasteiger partial charge on any atom is 0.0689 e. The van der Waals surface area contributed by atoms with Crippen molar-refractivity contribution in [2.75, 3.05) is 19.6 Å². The molecule has 0 spiro atoms. The minimum Gasteiger partial charge on any atom is -0.392 e. The Hall–Kier alpha value is -0.0800. The summed E-state index contributed by atoms with van der Waals surface area (Å²) >= 11 is 0. The van der Waals surface area contributed by atoms with E-state index in [0.29, 0.717) is 5.92 Å². The zero-order valence-electron chi connectivity index (χ0n) is 9.16. The topological polar surface area (TPSA) is 23.5 Å². The molecule has 0 bridgehead atoms. The second-order valence-electron chi connectivity index (χ2n) is 4.82. The van der Waals surface area contributed by atoms with Crippen molar-refractivity contribution in [3.63, 3.8) is 0 Å². The van der Waals surface area contributed by atoms with Gasteiger partial charge in [-0.05, 0) is 31.2 Å². The predicted octanol–water partition coefficient (Wildman–Crippen LogP) is 1.74. The molecule has 1 heterocycles. The Labute approximate surface area is 81.9 Å². The highest BCUT2D eigenvalue weighted by Gasteiger charge is 2.19. The van der Waals surface area contributed by atoms with E-state index in [4.69, 9.17) is 0 Å². The average Bonchev–Trinajstić information content (AvgIpc) is 2.04. The fourth-order valence-electron chi connectivity index (χ4n) is 1.93. The number of hydrogen-bond donors (Lipinski definition) is 1. The van der Waals surface area contributed by atoms with Gasteiger partial charge < -0.3 is 10.0 Å². The smallest absolute Gasteiger partial charge is 0.0689 e. The molecule has 0 aromatic heterocycles. The van der Waals surface area contributed by atoms with Crippen molar-refractivity contribution in [1.29, 1.82) is 0 Å².